The Labute approximate surface area is 171 Å². The maximum atomic E-state index is 13.5. The Morgan fingerprint density at radius 1 is 1.10 bits per heavy atom. The average Bonchev–Trinajstić information content (AvgIpc) is 2.90. The number of nitrogens with zero attached hydrogens (tertiary/aromatic N) is 3. The lowest BCUT2D eigenvalue weighted by Crippen LogP contribution is -2.57. The fraction of sp³-hybridized carbons (Fsp3) is 0.522. The zero-order valence-electron chi connectivity index (χ0n) is 17.9. The molecule has 6 nitrogen and oxygen atoms in total. The molecule has 2 unspecified atom stereocenters. The monoisotopic (exact) mass is 395 g/mol. The number of aryl methyl sites for hydroxylation is 2. The van der Waals surface area contributed by atoms with Crippen LogP contribution in [0.4, 0.5) is 4.79 Å². The minimum atomic E-state index is -0.519. The third kappa shape index (κ3) is 3.68. The van der Waals surface area contributed by atoms with Crippen molar-refractivity contribution in [1.82, 2.24) is 14.8 Å². The van der Waals surface area contributed by atoms with E-state index in [1.165, 1.54) is 0 Å². The van der Waals surface area contributed by atoms with Crippen molar-refractivity contribution in [2.24, 2.45) is 0 Å². The van der Waals surface area contributed by atoms with Gasteiger partial charge in [-0.1, -0.05) is 18.2 Å². The molecule has 2 aliphatic heterocycles. The maximum Gasteiger partial charge on any atom is 0.410 e. The number of aromatic nitrogens is 1. The number of amides is 2. The van der Waals surface area contributed by atoms with Gasteiger partial charge in [0.2, 0.25) is 0 Å². The molecular weight excluding hydrogens is 366 g/mol. The SMILES string of the molecule is Cc1cc(C(=O)N2CC3CCC(C2)N3C(=O)OC(C)(C)C)c2cccc(C)c2n1. The number of fused-ring (bicyclic) bond motifs is 3. The molecule has 0 saturated carbocycles. The average molecular weight is 396 g/mol. The van der Waals surface area contributed by atoms with Gasteiger partial charge in [-0.2, -0.15) is 0 Å². The smallest absolute Gasteiger partial charge is 0.410 e. The molecule has 0 radical (unpaired) electrons. The Morgan fingerprint density at radius 3 is 2.38 bits per heavy atom. The zero-order chi connectivity index (χ0) is 20.9. The van der Waals surface area contributed by atoms with Crippen molar-refractivity contribution in [3.63, 3.8) is 0 Å². The van der Waals surface area contributed by atoms with E-state index in [2.05, 4.69) is 4.98 Å². The summed E-state index contributed by atoms with van der Waals surface area (Å²) in [4.78, 5) is 34.5. The summed E-state index contributed by atoms with van der Waals surface area (Å²) in [6.07, 6.45) is 1.55. The van der Waals surface area contributed by atoms with Crippen molar-refractivity contribution in [3.8, 4) is 0 Å². The molecule has 6 heteroatoms. The lowest BCUT2D eigenvalue weighted by atomic mass is 10.0. The van der Waals surface area contributed by atoms with Crippen molar-refractivity contribution in [1.29, 1.82) is 0 Å². The first-order valence-corrected chi connectivity index (χ1v) is 10.3. The first-order chi connectivity index (χ1) is 13.6. The number of piperazine rings is 1. The summed E-state index contributed by atoms with van der Waals surface area (Å²) >= 11 is 0. The second kappa shape index (κ2) is 7.01. The lowest BCUT2D eigenvalue weighted by Gasteiger charge is -2.41. The molecule has 2 aromatic rings. The zero-order valence-corrected chi connectivity index (χ0v) is 17.9. The van der Waals surface area contributed by atoms with Crippen LogP contribution in [-0.4, -0.2) is 57.6 Å². The second-order valence-corrected chi connectivity index (χ2v) is 9.27. The molecule has 2 saturated heterocycles. The fourth-order valence-electron chi connectivity index (χ4n) is 4.55. The van der Waals surface area contributed by atoms with Gasteiger partial charge in [0.1, 0.15) is 5.60 Å². The van der Waals surface area contributed by atoms with Crippen molar-refractivity contribution in [2.45, 2.75) is 65.1 Å². The van der Waals surface area contributed by atoms with Crippen LogP contribution in [0.2, 0.25) is 0 Å². The first kappa shape index (κ1) is 19.7. The second-order valence-electron chi connectivity index (χ2n) is 9.27. The van der Waals surface area contributed by atoms with E-state index in [9.17, 15) is 9.59 Å². The van der Waals surface area contributed by atoms with E-state index in [4.69, 9.17) is 4.74 Å². The van der Waals surface area contributed by atoms with Crippen molar-refractivity contribution < 1.29 is 14.3 Å². The highest BCUT2D eigenvalue weighted by Gasteiger charge is 2.45. The van der Waals surface area contributed by atoms with Crippen molar-refractivity contribution in [2.75, 3.05) is 13.1 Å². The van der Waals surface area contributed by atoms with Gasteiger partial charge in [-0.05, 0) is 59.1 Å². The van der Waals surface area contributed by atoms with Crippen molar-refractivity contribution in [3.05, 3.63) is 41.1 Å². The van der Waals surface area contributed by atoms with Gasteiger partial charge in [0.25, 0.3) is 5.91 Å². The summed E-state index contributed by atoms with van der Waals surface area (Å²) < 4.78 is 5.60. The fourth-order valence-corrected chi connectivity index (χ4v) is 4.55. The van der Waals surface area contributed by atoms with Crippen LogP contribution < -0.4 is 0 Å². The van der Waals surface area contributed by atoms with Gasteiger partial charge in [0.15, 0.2) is 0 Å². The van der Waals surface area contributed by atoms with Gasteiger partial charge in [-0.15, -0.1) is 0 Å². The van der Waals surface area contributed by atoms with Crippen LogP contribution in [0.5, 0.6) is 0 Å². The number of hydrogen-bond acceptors (Lipinski definition) is 4. The Balaban J connectivity index is 1.59. The molecule has 1 aromatic carbocycles. The van der Waals surface area contributed by atoms with E-state index in [1.54, 1.807) is 0 Å². The third-order valence-corrected chi connectivity index (χ3v) is 5.77. The molecule has 2 bridgehead atoms. The number of hydrogen-bond donors (Lipinski definition) is 0. The largest absolute Gasteiger partial charge is 0.444 e. The standard InChI is InChI=1S/C23H29N3O3/c1-14-7-6-8-18-19(11-15(2)24-20(14)18)21(27)25-12-16-9-10-17(13-25)26(16)22(28)29-23(3,4)5/h6-8,11,16-17H,9-10,12-13H2,1-5H3. The quantitative estimate of drug-likeness (QED) is 0.730. The number of para-hydroxylation sites is 1. The number of ether oxygens (including phenoxy) is 1. The molecular formula is C23H29N3O3. The van der Waals surface area contributed by atoms with E-state index >= 15 is 0 Å². The summed E-state index contributed by atoms with van der Waals surface area (Å²) in [5, 5.41) is 0.891. The molecule has 1 aromatic heterocycles. The molecule has 4 rings (SSSR count). The highest BCUT2D eigenvalue weighted by atomic mass is 16.6. The Kier molecular flexibility index (Phi) is 4.75. The van der Waals surface area contributed by atoms with Gasteiger partial charge < -0.3 is 9.64 Å². The van der Waals surface area contributed by atoms with Crippen LogP contribution in [-0.2, 0) is 4.74 Å². The molecule has 2 fully saturated rings. The highest BCUT2D eigenvalue weighted by molar-refractivity contribution is 6.07. The lowest BCUT2D eigenvalue weighted by molar-refractivity contribution is -0.00332. The van der Waals surface area contributed by atoms with Gasteiger partial charge in [0, 0.05) is 24.2 Å². The predicted molar refractivity (Wildman–Crippen MR) is 112 cm³/mol. The molecule has 29 heavy (non-hydrogen) atoms. The molecule has 2 amide bonds. The van der Waals surface area contributed by atoms with Crippen LogP contribution in [0.3, 0.4) is 0 Å². The highest BCUT2D eigenvalue weighted by Crippen LogP contribution is 2.33. The molecule has 0 spiro atoms. The van der Waals surface area contributed by atoms with E-state index in [-0.39, 0.29) is 24.1 Å². The third-order valence-electron chi connectivity index (χ3n) is 5.77. The Morgan fingerprint density at radius 2 is 1.76 bits per heavy atom. The van der Waals surface area contributed by atoms with E-state index in [0.29, 0.717) is 18.7 Å². The summed E-state index contributed by atoms with van der Waals surface area (Å²) in [5.41, 5.74) is 2.96. The molecule has 2 atom stereocenters. The Bertz CT molecular complexity index is 965. The van der Waals surface area contributed by atoms with Gasteiger partial charge in [-0.25, -0.2) is 4.79 Å². The van der Waals surface area contributed by atoms with Crippen LogP contribution in [0.1, 0.15) is 55.2 Å². The number of pyridine rings is 1. The maximum absolute atomic E-state index is 13.5. The van der Waals surface area contributed by atoms with Gasteiger partial charge in [-0.3, -0.25) is 14.7 Å². The predicted octanol–water partition coefficient (Wildman–Crippen LogP) is 4.08. The van der Waals surface area contributed by atoms with Gasteiger partial charge >= 0.3 is 6.09 Å². The van der Waals surface area contributed by atoms with E-state index in [0.717, 1.165) is 35.0 Å². The van der Waals surface area contributed by atoms with E-state index in [1.807, 2.05) is 68.7 Å². The number of carbonyl (C=O) groups excluding carboxylic acids is 2. The van der Waals surface area contributed by atoms with Crippen LogP contribution >= 0.6 is 0 Å². The summed E-state index contributed by atoms with van der Waals surface area (Å²) in [7, 11) is 0. The molecule has 154 valence electrons. The van der Waals surface area contributed by atoms with Crippen LogP contribution in [0.25, 0.3) is 10.9 Å². The summed E-state index contributed by atoms with van der Waals surface area (Å²) in [5.74, 6) is 0.0202. The topological polar surface area (TPSA) is 62.7 Å². The van der Waals surface area contributed by atoms with E-state index < -0.39 is 5.60 Å². The van der Waals surface area contributed by atoms with Crippen LogP contribution in [0.15, 0.2) is 24.3 Å². The molecule has 0 N–H and O–H groups in total. The Hall–Kier alpha value is -2.63. The summed E-state index contributed by atoms with van der Waals surface area (Å²) in [6.45, 7) is 10.7. The number of rotatable bonds is 1. The van der Waals surface area contributed by atoms with Gasteiger partial charge in [0.05, 0.1) is 23.2 Å². The summed E-state index contributed by atoms with van der Waals surface area (Å²) in [6, 6.07) is 7.87. The number of likely N-dealkylation sites (tertiary alicyclic amines) is 1. The molecule has 3 heterocycles. The van der Waals surface area contributed by atoms with Crippen molar-refractivity contribution >= 4 is 22.9 Å². The molecule has 2 aliphatic rings. The first-order valence-electron chi connectivity index (χ1n) is 10.3. The minimum absolute atomic E-state index is 0.0171. The number of carbonyl (C=O) groups is 2. The normalized spacial score (nSPS) is 21.6. The van der Waals surface area contributed by atoms with Crippen LogP contribution in [0, 0.1) is 13.8 Å². The number of benzene rings is 1. The minimum Gasteiger partial charge on any atom is -0.444 e. The molecule has 0 aliphatic carbocycles.